The summed E-state index contributed by atoms with van der Waals surface area (Å²) in [6.07, 6.45) is 12.2. The van der Waals surface area contributed by atoms with E-state index in [2.05, 4.69) is 15.7 Å². The van der Waals surface area contributed by atoms with E-state index in [-0.39, 0.29) is 11.8 Å². The summed E-state index contributed by atoms with van der Waals surface area (Å²) < 4.78 is 1.75. The number of anilines is 1. The van der Waals surface area contributed by atoms with Crippen LogP contribution in [0.15, 0.2) is 12.4 Å². The van der Waals surface area contributed by atoms with Gasteiger partial charge >= 0.3 is 0 Å². The number of nitrogens with one attached hydrogen (secondary N) is 2. The van der Waals surface area contributed by atoms with Crippen LogP contribution in [0.4, 0.5) is 5.69 Å². The van der Waals surface area contributed by atoms with Crippen LogP contribution in [0.3, 0.4) is 0 Å². The van der Waals surface area contributed by atoms with Gasteiger partial charge in [0.25, 0.3) is 5.91 Å². The van der Waals surface area contributed by atoms with Crippen LogP contribution in [0.25, 0.3) is 0 Å². The lowest BCUT2D eigenvalue weighted by atomic mass is 9.83. The summed E-state index contributed by atoms with van der Waals surface area (Å²) in [5, 5.41) is 10.6. The van der Waals surface area contributed by atoms with Gasteiger partial charge in [0.15, 0.2) is 0 Å². The van der Waals surface area contributed by atoms with Gasteiger partial charge in [0.05, 0.1) is 22.4 Å². The van der Waals surface area contributed by atoms with Gasteiger partial charge in [0, 0.05) is 48.3 Å². The molecule has 0 bridgehead atoms. The quantitative estimate of drug-likeness (QED) is 0.540. The number of aromatic nitrogens is 2. The van der Waals surface area contributed by atoms with Crippen molar-refractivity contribution < 1.29 is 9.59 Å². The number of fused-ring (bicyclic) bond motifs is 1. The highest BCUT2D eigenvalue weighted by Gasteiger charge is 2.34. The lowest BCUT2D eigenvalue weighted by Crippen LogP contribution is -2.28. The number of aryl methyl sites for hydroxylation is 2. The molecule has 0 radical (unpaired) electrons. The Hall–Kier alpha value is -2.06. The van der Waals surface area contributed by atoms with E-state index in [0.717, 1.165) is 66.2 Å². The monoisotopic (exact) mass is 470 g/mol. The van der Waals surface area contributed by atoms with Crippen LogP contribution in [0, 0.1) is 17.8 Å². The number of rotatable bonds is 9. The maximum atomic E-state index is 13.2. The van der Waals surface area contributed by atoms with Crippen molar-refractivity contribution in [3.05, 3.63) is 33.3 Å². The highest BCUT2D eigenvalue weighted by atomic mass is 32.1. The van der Waals surface area contributed by atoms with Crippen molar-refractivity contribution >= 4 is 45.9 Å². The number of carbonyl (C=O) groups is 2. The zero-order chi connectivity index (χ0) is 22.2. The largest absolute Gasteiger partial charge is 0.352 e. The first-order valence-electron chi connectivity index (χ1n) is 11.7. The second kappa shape index (κ2) is 9.06. The third-order valence-corrected chi connectivity index (χ3v) is 8.30. The van der Waals surface area contributed by atoms with Gasteiger partial charge < -0.3 is 10.6 Å². The van der Waals surface area contributed by atoms with Gasteiger partial charge in [-0.3, -0.25) is 14.3 Å². The first-order valence-corrected chi connectivity index (χ1v) is 12.9. The Morgan fingerprint density at radius 1 is 1.22 bits per heavy atom. The molecular formula is C24H30N4O2S2. The fraction of sp³-hybridized carbons (Fsp3) is 0.583. The van der Waals surface area contributed by atoms with Gasteiger partial charge in [-0.25, -0.2) is 0 Å². The molecule has 2 aromatic heterocycles. The van der Waals surface area contributed by atoms with Crippen LogP contribution < -0.4 is 10.6 Å². The molecule has 2 aromatic rings. The Bertz CT molecular complexity index is 1050. The number of hydrogen-bond donors (Lipinski definition) is 2. The Morgan fingerprint density at radius 2 is 2.03 bits per heavy atom. The van der Waals surface area contributed by atoms with Gasteiger partial charge in [-0.2, -0.15) is 5.10 Å². The molecule has 2 heterocycles. The zero-order valence-electron chi connectivity index (χ0n) is 18.5. The fourth-order valence-corrected chi connectivity index (χ4v) is 6.30. The predicted octanol–water partition coefficient (Wildman–Crippen LogP) is 4.08. The van der Waals surface area contributed by atoms with E-state index in [9.17, 15) is 9.59 Å². The summed E-state index contributed by atoms with van der Waals surface area (Å²) in [5.41, 5.74) is 2.88. The predicted molar refractivity (Wildman–Crippen MR) is 130 cm³/mol. The number of ketones is 1. The molecule has 8 heteroatoms. The highest BCUT2D eigenvalue weighted by molar-refractivity contribution is 7.80. The van der Waals surface area contributed by atoms with Crippen LogP contribution in [-0.4, -0.2) is 33.0 Å². The van der Waals surface area contributed by atoms with Crippen molar-refractivity contribution in [2.45, 2.75) is 57.8 Å². The number of amides is 1. The van der Waals surface area contributed by atoms with Crippen molar-refractivity contribution in [3.8, 4) is 0 Å². The molecule has 2 saturated carbocycles. The molecule has 1 amide bonds. The van der Waals surface area contributed by atoms with Crippen molar-refractivity contribution in [2.75, 3.05) is 11.9 Å². The van der Waals surface area contributed by atoms with Crippen LogP contribution in [-0.2, 0) is 31.1 Å². The van der Waals surface area contributed by atoms with E-state index in [1.54, 1.807) is 22.2 Å². The van der Waals surface area contributed by atoms with E-state index in [0.29, 0.717) is 24.0 Å². The lowest BCUT2D eigenvalue weighted by molar-refractivity contribution is -0.119. The summed E-state index contributed by atoms with van der Waals surface area (Å²) in [7, 11) is 1.88. The normalized spacial score (nSPS) is 20.0. The fourth-order valence-electron chi connectivity index (χ4n) is 4.59. The number of hydrogen-bond acceptors (Lipinski definition) is 5. The minimum absolute atomic E-state index is 0.0182. The third-order valence-electron chi connectivity index (χ3n) is 6.74. The van der Waals surface area contributed by atoms with Crippen molar-refractivity contribution in [1.82, 2.24) is 15.1 Å². The van der Waals surface area contributed by atoms with Gasteiger partial charge in [-0.05, 0) is 62.3 Å². The van der Waals surface area contributed by atoms with E-state index in [4.69, 9.17) is 12.2 Å². The summed E-state index contributed by atoms with van der Waals surface area (Å²) in [6.45, 7) is 0.752. The number of nitrogens with zero attached hydrogens (tertiary/aromatic N) is 2. The molecule has 3 aliphatic carbocycles. The lowest BCUT2D eigenvalue weighted by Gasteiger charge is -2.23. The van der Waals surface area contributed by atoms with Crippen LogP contribution in [0.5, 0.6) is 0 Å². The van der Waals surface area contributed by atoms with Gasteiger partial charge in [0.1, 0.15) is 5.78 Å². The average molecular weight is 471 g/mol. The maximum Gasteiger partial charge on any atom is 0.252 e. The van der Waals surface area contributed by atoms with Gasteiger partial charge in [-0.15, -0.1) is 11.3 Å². The van der Waals surface area contributed by atoms with E-state index >= 15 is 0 Å². The molecule has 6 nitrogen and oxygen atoms in total. The van der Waals surface area contributed by atoms with E-state index < -0.39 is 0 Å². The van der Waals surface area contributed by atoms with Crippen molar-refractivity contribution in [2.24, 2.45) is 24.8 Å². The number of thiophene rings is 1. The summed E-state index contributed by atoms with van der Waals surface area (Å²) in [5.74, 6) is 1.58. The number of thiocarbonyl (C=S) groups is 1. The van der Waals surface area contributed by atoms with Crippen LogP contribution >= 0.6 is 23.6 Å². The Morgan fingerprint density at radius 3 is 2.72 bits per heavy atom. The average Bonchev–Trinajstić information content (AvgIpc) is 3.67. The molecule has 0 unspecified atom stereocenters. The van der Waals surface area contributed by atoms with Crippen molar-refractivity contribution in [3.63, 3.8) is 0 Å². The molecule has 32 heavy (non-hydrogen) atoms. The maximum absolute atomic E-state index is 13.2. The minimum Gasteiger partial charge on any atom is -0.352 e. The molecule has 0 spiro atoms. The second-order valence-corrected chi connectivity index (χ2v) is 11.3. The second-order valence-electron chi connectivity index (χ2n) is 9.64. The summed E-state index contributed by atoms with van der Waals surface area (Å²) in [4.78, 5) is 28.9. The molecule has 3 aliphatic rings. The topological polar surface area (TPSA) is 76.0 Å². The standard InChI is InChI=1S/C24H30N4O2S2/c1-28-13-17(12-26-28)27-22(31)9-15-4-7-20-18(8-15)23(24(30)25-11-14-2-3-14)21(32-20)10-19(29)16-5-6-16/h12-16H,2-11H2,1H3,(H,25,30)(H,27,31)/t15-/m0/s1. The molecule has 170 valence electrons. The van der Waals surface area contributed by atoms with E-state index in [1.165, 1.54) is 23.3 Å². The molecule has 2 N–H and O–H groups in total. The first-order chi connectivity index (χ1) is 15.5. The molecule has 5 rings (SSSR count). The Labute approximate surface area is 198 Å². The molecule has 1 atom stereocenters. The van der Waals surface area contributed by atoms with Gasteiger partial charge in [0.2, 0.25) is 0 Å². The van der Waals surface area contributed by atoms with Crippen molar-refractivity contribution in [1.29, 1.82) is 0 Å². The zero-order valence-corrected chi connectivity index (χ0v) is 20.1. The molecule has 0 aliphatic heterocycles. The highest BCUT2D eigenvalue weighted by Crippen LogP contribution is 2.40. The van der Waals surface area contributed by atoms with E-state index in [1.807, 2.05) is 13.2 Å². The molecule has 0 saturated heterocycles. The molecule has 0 aromatic carbocycles. The third kappa shape index (κ3) is 5.12. The summed E-state index contributed by atoms with van der Waals surface area (Å²) in [6, 6.07) is 0. The Kier molecular flexibility index (Phi) is 6.16. The number of carbonyl (C=O) groups excluding carboxylic acids is 2. The minimum atomic E-state index is 0.0182. The summed E-state index contributed by atoms with van der Waals surface area (Å²) >= 11 is 7.31. The van der Waals surface area contributed by atoms with Gasteiger partial charge in [-0.1, -0.05) is 12.2 Å². The number of Topliss-reactive ketones (excluding diaryl/α,β-unsaturated/α-hetero) is 1. The van der Waals surface area contributed by atoms with Crippen LogP contribution in [0.1, 0.15) is 64.2 Å². The molecular weight excluding hydrogens is 440 g/mol. The smallest absolute Gasteiger partial charge is 0.252 e. The first kappa shape index (κ1) is 21.8. The Balaban J connectivity index is 1.30. The van der Waals surface area contributed by atoms with Crippen LogP contribution in [0.2, 0.25) is 0 Å². The SMILES string of the molecule is Cn1cc(NC(=S)C[C@H]2CCc3sc(CC(=O)C4CC4)c(C(=O)NCC4CC4)c3C2)cn1. The molecule has 2 fully saturated rings.